The van der Waals surface area contributed by atoms with Gasteiger partial charge >= 0.3 is 0 Å². The van der Waals surface area contributed by atoms with Gasteiger partial charge in [-0.3, -0.25) is 0 Å². The molecule has 12 heavy (non-hydrogen) atoms. The molecule has 0 aromatic rings. The molecule has 0 N–H and O–H groups in total. The van der Waals surface area contributed by atoms with E-state index in [1.165, 1.54) is 25.7 Å². The Kier molecular flexibility index (Phi) is 1.44. The lowest BCUT2D eigenvalue weighted by atomic mass is 9.59. The van der Waals surface area contributed by atoms with Gasteiger partial charge in [-0.25, -0.2) is 0 Å². The second-order valence-electron chi connectivity index (χ2n) is 4.56. The van der Waals surface area contributed by atoms with Crippen molar-refractivity contribution < 1.29 is 0 Å². The summed E-state index contributed by atoms with van der Waals surface area (Å²) < 4.78 is 0. The SMILES string of the molecule is C1=CC[C@H]2[C@H](C1)[C@@H]1C=C[C@@H]2CC1. The summed E-state index contributed by atoms with van der Waals surface area (Å²) in [7, 11) is 0. The zero-order valence-electron chi connectivity index (χ0n) is 7.45. The molecule has 4 aliphatic rings. The van der Waals surface area contributed by atoms with Crippen LogP contribution in [-0.2, 0) is 0 Å². The van der Waals surface area contributed by atoms with Crippen molar-refractivity contribution in [2.75, 3.05) is 0 Å². The third-order valence-electron chi connectivity index (χ3n) is 4.07. The lowest BCUT2D eigenvalue weighted by molar-refractivity contribution is 0.119. The largest absolute Gasteiger partial charge is 0.0882 e. The van der Waals surface area contributed by atoms with Gasteiger partial charge in [-0.15, -0.1) is 0 Å². The molecule has 0 unspecified atom stereocenters. The molecular weight excluding hydrogens is 144 g/mol. The lowest BCUT2D eigenvalue weighted by Crippen LogP contribution is -2.37. The highest BCUT2D eigenvalue weighted by Crippen LogP contribution is 2.49. The van der Waals surface area contributed by atoms with E-state index in [2.05, 4.69) is 24.3 Å². The van der Waals surface area contributed by atoms with Crippen molar-refractivity contribution in [2.45, 2.75) is 25.7 Å². The predicted molar refractivity (Wildman–Crippen MR) is 50.7 cm³/mol. The normalized spacial score (nSPS) is 49.3. The van der Waals surface area contributed by atoms with E-state index in [1.54, 1.807) is 0 Å². The van der Waals surface area contributed by atoms with Gasteiger partial charge < -0.3 is 0 Å². The summed E-state index contributed by atoms with van der Waals surface area (Å²) in [5.41, 5.74) is 0. The lowest BCUT2D eigenvalue weighted by Gasteiger charge is -2.46. The van der Waals surface area contributed by atoms with E-state index in [9.17, 15) is 0 Å². The Bertz CT molecular complexity index is 212. The molecule has 0 saturated heterocycles. The van der Waals surface area contributed by atoms with E-state index in [0.29, 0.717) is 0 Å². The van der Waals surface area contributed by atoms with Crippen LogP contribution in [0.3, 0.4) is 0 Å². The summed E-state index contributed by atoms with van der Waals surface area (Å²) in [6.45, 7) is 0. The van der Waals surface area contributed by atoms with Crippen LogP contribution in [0.5, 0.6) is 0 Å². The standard InChI is InChI=1S/C12H16/c1-2-4-12-10-7-5-9(6-8-10)11(12)3-1/h1-2,5,7,9-12H,3-4,6,8H2/t9-,10-,11-,12-/m1/s1. The molecule has 1 fully saturated rings. The highest BCUT2D eigenvalue weighted by molar-refractivity contribution is 5.13. The summed E-state index contributed by atoms with van der Waals surface area (Å²) in [6, 6.07) is 0. The van der Waals surface area contributed by atoms with E-state index in [4.69, 9.17) is 0 Å². The van der Waals surface area contributed by atoms with Crippen LogP contribution in [0.4, 0.5) is 0 Å². The van der Waals surface area contributed by atoms with Crippen molar-refractivity contribution in [1.82, 2.24) is 0 Å². The molecule has 0 heteroatoms. The third-order valence-corrected chi connectivity index (χ3v) is 4.07. The van der Waals surface area contributed by atoms with Gasteiger partial charge in [-0.05, 0) is 49.4 Å². The quantitative estimate of drug-likeness (QED) is 0.477. The Morgan fingerprint density at radius 2 is 1.25 bits per heavy atom. The van der Waals surface area contributed by atoms with Gasteiger partial charge in [0.15, 0.2) is 0 Å². The highest BCUT2D eigenvalue weighted by Gasteiger charge is 2.39. The highest BCUT2D eigenvalue weighted by atomic mass is 14.4. The van der Waals surface area contributed by atoms with Crippen molar-refractivity contribution >= 4 is 0 Å². The average Bonchev–Trinajstić information content (AvgIpc) is 2.20. The van der Waals surface area contributed by atoms with Gasteiger partial charge in [-0.2, -0.15) is 0 Å². The maximum atomic E-state index is 2.49. The fraction of sp³-hybridized carbons (Fsp3) is 0.667. The zero-order valence-corrected chi connectivity index (χ0v) is 7.45. The first kappa shape index (κ1) is 6.94. The minimum atomic E-state index is 0.935. The number of fused-ring (bicyclic) bond motifs is 1. The summed E-state index contributed by atoms with van der Waals surface area (Å²) in [4.78, 5) is 0. The molecule has 0 spiro atoms. The number of allylic oxidation sites excluding steroid dienone is 4. The Balaban J connectivity index is 1.95. The molecule has 4 aliphatic carbocycles. The van der Waals surface area contributed by atoms with E-state index < -0.39 is 0 Å². The van der Waals surface area contributed by atoms with E-state index in [1.807, 2.05) is 0 Å². The maximum absolute atomic E-state index is 2.49. The molecule has 0 amide bonds. The van der Waals surface area contributed by atoms with Crippen molar-refractivity contribution in [1.29, 1.82) is 0 Å². The second-order valence-corrected chi connectivity index (χ2v) is 4.56. The van der Waals surface area contributed by atoms with Crippen LogP contribution in [0.15, 0.2) is 24.3 Å². The number of hydrogen-bond donors (Lipinski definition) is 0. The first-order valence-corrected chi connectivity index (χ1v) is 5.28. The fourth-order valence-electron chi connectivity index (χ4n) is 3.42. The van der Waals surface area contributed by atoms with Crippen molar-refractivity contribution in [3.63, 3.8) is 0 Å². The molecule has 0 nitrogen and oxygen atoms in total. The molecule has 4 atom stereocenters. The van der Waals surface area contributed by atoms with Crippen LogP contribution in [0.1, 0.15) is 25.7 Å². The van der Waals surface area contributed by atoms with Gasteiger partial charge in [0.25, 0.3) is 0 Å². The van der Waals surface area contributed by atoms with Gasteiger partial charge in [0.1, 0.15) is 0 Å². The summed E-state index contributed by atoms with van der Waals surface area (Å²) in [5.74, 6) is 3.90. The van der Waals surface area contributed by atoms with Crippen molar-refractivity contribution in [3.8, 4) is 0 Å². The molecule has 4 rings (SSSR count). The third kappa shape index (κ3) is 0.840. The monoisotopic (exact) mass is 160 g/mol. The maximum Gasteiger partial charge on any atom is -0.0199 e. The number of hydrogen-bond acceptors (Lipinski definition) is 0. The molecule has 64 valence electrons. The van der Waals surface area contributed by atoms with Crippen LogP contribution in [0, 0.1) is 23.7 Å². The predicted octanol–water partition coefficient (Wildman–Crippen LogP) is 3.16. The number of rotatable bonds is 0. The van der Waals surface area contributed by atoms with E-state index >= 15 is 0 Å². The van der Waals surface area contributed by atoms with Crippen LogP contribution in [0.25, 0.3) is 0 Å². The van der Waals surface area contributed by atoms with Gasteiger partial charge in [0, 0.05) is 0 Å². The van der Waals surface area contributed by atoms with Gasteiger partial charge in [-0.1, -0.05) is 24.3 Å². The zero-order chi connectivity index (χ0) is 7.97. The van der Waals surface area contributed by atoms with Crippen LogP contribution in [-0.4, -0.2) is 0 Å². The Morgan fingerprint density at radius 1 is 0.750 bits per heavy atom. The van der Waals surface area contributed by atoms with E-state index in [-0.39, 0.29) is 0 Å². The molecule has 0 heterocycles. The van der Waals surface area contributed by atoms with Crippen molar-refractivity contribution in [3.05, 3.63) is 24.3 Å². The molecule has 0 aromatic heterocycles. The van der Waals surface area contributed by atoms with Crippen LogP contribution < -0.4 is 0 Å². The van der Waals surface area contributed by atoms with Crippen LogP contribution >= 0.6 is 0 Å². The summed E-state index contributed by atoms with van der Waals surface area (Å²) in [6.07, 6.45) is 15.4. The van der Waals surface area contributed by atoms with Crippen LogP contribution in [0.2, 0.25) is 0 Å². The Labute approximate surface area is 74.4 Å². The topological polar surface area (TPSA) is 0 Å². The first-order valence-electron chi connectivity index (χ1n) is 5.28. The molecular formula is C12H16. The molecule has 0 aliphatic heterocycles. The minimum Gasteiger partial charge on any atom is -0.0882 e. The summed E-state index contributed by atoms with van der Waals surface area (Å²) >= 11 is 0. The van der Waals surface area contributed by atoms with E-state index in [0.717, 1.165) is 23.7 Å². The molecule has 1 saturated carbocycles. The minimum absolute atomic E-state index is 0.935. The van der Waals surface area contributed by atoms with Gasteiger partial charge in [0.2, 0.25) is 0 Å². The molecule has 0 aromatic carbocycles. The smallest absolute Gasteiger partial charge is 0.0199 e. The average molecular weight is 160 g/mol. The Morgan fingerprint density at radius 3 is 1.67 bits per heavy atom. The Hall–Kier alpha value is -0.520. The van der Waals surface area contributed by atoms with Gasteiger partial charge in [0.05, 0.1) is 0 Å². The summed E-state index contributed by atoms with van der Waals surface area (Å²) in [5, 5.41) is 0. The molecule has 2 bridgehead atoms. The van der Waals surface area contributed by atoms with Crippen molar-refractivity contribution in [2.24, 2.45) is 23.7 Å². The fourth-order valence-corrected chi connectivity index (χ4v) is 3.42. The first-order chi connectivity index (χ1) is 5.95. The molecule has 0 radical (unpaired) electrons. The second kappa shape index (κ2) is 2.48.